The maximum atomic E-state index is 9.27. The number of hydrogen-bond acceptors (Lipinski definition) is 4. The van der Waals surface area contributed by atoms with Crippen molar-refractivity contribution in [2.45, 2.75) is 6.42 Å². The standard InChI is InChI=1S/C15H10Cl2N2O2/c16-12-2-1-3-13(17)11(12)8-14-18-15(21-19-14)9-4-6-10(20)7-5-9/h1-7,20H,8H2. The molecule has 4 nitrogen and oxygen atoms in total. The van der Waals surface area contributed by atoms with Gasteiger partial charge in [-0.25, -0.2) is 0 Å². The molecule has 0 aliphatic rings. The number of nitrogens with zero attached hydrogens (tertiary/aromatic N) is 2. The zero-order valence-electron chi connectivity index (χ0n) is 10.8. The van der Waals surface area contributed by atoms with Gasteiger partial charge in [0.15, 0.2) is 5.82 Å². The van der Waals surface area contributed by atoms with Crippen LogP contribution in [0.5, 0.6) is 5.75 Å². The van der Waals surface area contributed by atoms with Gasteiger partial charge in [-0.1, -0.05) is 34.4 Å². The van der Waals surface area contributed by atoms with Gasteiger partial charge in [0, 0.05) is 22.0 Å². The van der Waals surface area contributed by atoms with Gasteiger partial charge in [-0.3, -0.25) is 0 Å². The number of aromatic nitrogens is 2. The molecule has 2 aromatic carbocycles. The maximum absolute atomic E-state index is 9.27. The van der Waals surface area contributed by atoms with E-state index in [-0.39, 0.29) is 5.75 Å². The molecule has 106 valence electrons. The average molecular weight is 321 g/mol. The number of hydrogen-bond donors (Lipinski definition) is 1. The number of phenolic OH excluding ortho intramolecular Hbond substituents is 1. The molecule has 0 fully saturated rings. The van der Waals surface area contributed by atoms with E-state index in [1.54, 1.807) is 42.5 Å². The second kappa shape index (κ2) is 5.76. The van der Waals surface area contributed by atoms with Crippen LogP contribution in [-0.4, -0.2) is 15.2 Å². The van der Waals surface area contributed by atoms with Crippen LogP contribution in [0.25, 0.3) is 11.5 Å². The lowest BCUT2D eigenvalue weighted by Crippen LogP contribution is -1.93. The van der Waals surface area contributed by atoms with Crippen LogP contribution < -0.4 is 0 Å². The molecule has 0 aliphatic carbocycles. The van der Waals surface area contributed by atoms with Gasteiger partial charge in [-0.2, -0.15) is 4.98 Å². The third-order valence-electron chi connectivity index (χ3n) is 2.98. The van der Waals surface area contributed by atoms with Crippen molar-refractivity contribution < 1.29 is 9.63 Å². The second-order valence-electron chi connectivity index (χ2n) is 4.44. The summed E-state index contributed by atoms with van der Waals surface area (Å²) < 4.78 is 5.21. The van der Waals surface area contributed by atoms with Crippen LogP contribution in [0.3, 0.4) is 0 Å². The average Bonchev–Trinajstić information content (AvgIpc) is 2.92. The van der Waals surface area contributed by atoms with Crippen molar-refractivity contribution >= 4 is 23.2 Å². The first-order chi connectivity index (χ1) is 10.1. The lowest BCUT2D eigenvalue weighted by molar-refractivity contribution is 0.423. The molecule has 0 aliphatic heterocycles. The third kappa shape index (κ3) is 3.01. The predicted molar refractivity (Wildman–Crippen MR) is 80.7 cm³/mol. The number of phenols is 1. The molecule has 1 aromatic heterocycles. The van der Waals surface area contributed by atoms with Gasteiger partial charge >= 0.3 is 0 Å². The Morgan fingerprint density at radius 1 is 1.00 bits per heavy atom. The molecule has 0 atom stereocenters. The molecule has 6 heteroatoms. The smallest absolute Gasteiger partial charge is 0.257 e. The van der Waals surface area contributed by atoms with E-state index >= 15 is 0 Å². The lowest BCUT2D eigenvalue weighted by Gasteiger charge is -2.03. The van der Waals surface area contributed by atoms with Crippen LogP contribution in [-0.2, 0) is 6.42 Å². The van der Waals surface area contributed by atoms with Crippen molar-refractivity contribution in [3.63, 3.8) is 0 Å². The minimum Gasteiger partial charge on any atom is -0.508 e. The van der Waals surface area contributed by atoms with Crippen LogP contribution in [0.2, 0.25) is 10.0 Å². The summed E-state index contributed by atoms with van der Waals surface area (Å²) in [6.45, 7) is 0. The maximum Gasteiger partial charge on any atom is 0.257 e. The molecular formula is C15H10Cl2N2O2. The highest BCUT2D eigenvalue weighted by molar-refractivity contribution is 6.36. The van der Waals surface area contributed by atoms with Crippen LogP contribution in [0.1, 0.15) is 11.4 Å². The molecule has 1 N–H and O–H groups in total. The Morgan fingerprint density at radius 2 is 1.67 bits per heavy atom. The molecule has 0 saturated carbocycles. The molecule has 3 rings (SSSR count). The van der Waals surface area contributed by atoms with Crippen LogP contribution in [0, 0.1) is 0 Å². The SMILES string of the molecule is Oc1ccc(-c2nc(Cc3c(Cl)cccc3Cl)no2)cc1. The van der Waals surface area contributed by atoms with Crippen molar-refractivity contribution in [3.05, 3.63) is 63.9 Å². The lowest BCUT2D eigenvalue weighted by atomic mass is 10.1. The van der Waals surface area contributed by atoms with E-state index in [0.29, 0.717) is 28.2 Å². The third-order valence-corrected chi connectivity index (χ3v) is 3.69. The number of aromatic hydroxyl groups is 1. The Labute approximate surface area is 130 Å². The van der Waals surface area contributed by atoms with Crippen molar-refractivity contribution in [1.29, 1.82) is 0 Å². The highest BCUT2D eigenvalue weighted by Gasteiger charge is 2.13. The van der Waals surface area contributed by atoms with Gasteiger partial charge < -0.3 is 9.63 Å². The molecule has 0 unspecified atom stereocenters. The first-order valence-electron chi connectivity index (χ1n) is 6.18. The summed E-state index contributed by atoms with van der Waals surface area (Å²) in [5.74, 6) is 1.06. The normalized spacial score (nSPS) is 10.8. The molecule has 3 aromatic rings. The quantitative estimate of drug-likeness (QED) is 0.779. The summed E-state index contributed by atoms with van der Waals surface area (Å²) in [4.78, 5) is 4.31. The summed E-state index contributed by atoms with van der Waals surface area (Å²) in [7, 11) is 0. The fourth-order valence-electron chi connectivity index (χ4n) is 1.91. The Morgan fingerprint density at radius 3 is 2.33 bits per heavy atom. The summed E-state index contributed by atoms with van der Waals surface area (Å²) in [6, 6.07) is 11.8. The molecular weight excluding hydrogens is 311 g/mol. The molecule has 0 amide bonds. The molecule has 0 bridgehead atoms. The van der Waals surface area contributed by atoms with Gasteiger partial charge in [-0.15, -0.1) is 0 Å². The van der Waals surface area contributed by atoms with Gasteiger partial charge in [-0.05, 0) is 42.0 Å². The van der Waals surface area contributed by atoms with Gasteiger partial charge in [0.05, 0.1) is 0 Å². The first-order valence-corrected chi connectivity index (χ1v) is 6.94. The number of benzene rings is 2. The molecule has 0 radical (unpaired) electrons. The van der Waals surface area contributed by atoms with Gasteiger partial charge in [0.1, 0.15) is 5.75 Å². The Kier molecular flexibility index (Phi) is 3.82. The summed E-state index contributed by atoms with van der Waals surface area (Å²) in [5.41, 5.74) is 1.50. The van der Waals surface area contributed by atoms with E-state index in [4.69, 9.17) is 27.7 Å². The second-order valence-corrected chi connectivity index (χ2v) is 5.25. The Balaban J connectivity index is 1.87. The van der Waals surface area contributed by atoms with Crippen molar-refractivity contribution in [2.24, 2.45) is 0 Å². The summed E-state index contributed by atoms with van der Waals surface area (Å²) >= 11 is 12.2. The van der Waals surface area contributed by atoms with E-state index in [2.05, 4.69) is 10.1 Å². The van der Waals surface area contributed by atoms with Crippen molar-refractivity contribution in [3.8, 4) is 17.2 Å². The summed E-state index contributed by atoms with van der Waals surface area (Å²) in [5, 5.41) is 14.3. The Bertz CT molecular complexity index is 749. The van der Waals surface area contributed by atoms with Crippen molar-refractivity contribution in [1.82, 2.24) is 10.1 Å². The van der Waals surface area contributed by atoms with Crippen LogP contribution in [0.15, 0.2) is 47.0 Å². The number of halogens is 2. The summed E-state index contributed by atoms with van der Waals surface area (Å²) in [6.07, 6.45) is 0.389. The first kappa shape index (κ1) is 13.9. The van der Waals surface area contributed by atoms with Gasteiger partial charge in [0.25, 0.3) is 5.89 Å². The van der Waals surface area contributed by atoms with Crippen LogP contribution >= 0.6 is 23.2 Å². The van der Waals surface area contributed by atoms with E-state index in [9.17, 15) is 5.11 Å². The highest BCUT2D eigenvalue weighted by atomic mass is 35.5. The molecule has 21 heavy (non-hydrogen) atoms. The molecule has 0 saturated heterocycles. The Hall–Kier alpha value is -2.04. The van der Waals surface area contributed by atoms with Crippen molar-refractivity contribution in [2.75, 3.05) is 0 Å². The minimum absolute atomic E-state index is 0.182. The minimum atomic E-state index is 0.182. The monoisotopic (exact) mass is 320 g/mol. The molecule has 0 spiro atoms. The topological polar surface area (TPSA) is 59.2 Å². The highest BCUT2D eigenvalue weighted by Crippen LogP contribution is 2.27. The van der Waals surface area contributed by atoms with E-state index in [1.165, 1.54) is 0 Å². The van der Waals surface area contributed by atoms with Gasteiger partial charge in [0.2, 0.25) is 0 Å². The molecule has 1 heterocycles. The predicted octanol–water partition coefficient (Wildman–Crippen LogP) is 4.34. The van der Waals surface area contributed by atoms with E-state index < -0.39 is 0 Å². The largest absolute Gasteiger partial charge is 0.508 e. The van der Waals surface area contributed by atoms with E-state index in [0.717, 1.165) is 11.1 Å². The zero-order valence-corrected chi connectivity index (χ0v) is 12.3. The van der Waals surface area contributed by atoms with Crippen LogP contribution in [0.4, 0.5) is 0 Å². The fraction of sp³-hybridized carbons (Fsp3) is 0.0667. The zero-order chi connectivity index (χ0) is 14.8. The van der Waals surface area contributed by atoms with E-state index in [1.807, 2.05) is 0 Å². The fourth-order valence-corrected chi connectivity index (χ4v) is 2.44. The number of rotatable bonds is 3.